The lowest BCUT2D eigenvalue weighted by atomic mass is 10.2. The Hall–Kier alpha value is -2.16. The zero-order valence-electron chi connectivity index (χ0n) is 11.9. The van der Waals surface area contributed by atoms with Gasteiger partial charge >= 0.3 is 6.18 Å². The second-order valence-electron chi connectivity index (χ2n) is 4.74. The first-order chi connectivity index (χ1) is 10.8. The van der Waals surface area contributed by atoms with Crippen LogP contribution >= 0.6 is 0 Å². The molecule has 1 aromatic carbocycles. The number of carbonyl (C=O) groups excluding carboxylic acids is 1. The van der Waals surface area contributed by atoms with E-state index in [2.05, 4.69) is 5.10 Å². The first kappa shape index (κ1) is 17.2. The number of nitrogens with one attached hydrogen (secondary N) is 1. The zero-order valence-corrected chi connectivity index (χ0v) is 12.7. The highest BCUT2D eigenvalue weighted by molar-refractivity contribution is 7.84. The van der Waals surface area contributed by atoms with Crippen molar-refractivity contribution >= 4 is 16.7 Å². The van der Waals surface area contributed by atoms with Crippen molar-refractivity contribution in [1.29, 1.82) is 0 Å². The van der Waals surface area contributed by atoms with Gasteiger partial charge in [0.05, 0.1) is 5.69 Å². The minimum absolute atomic E-state index is 0.0961. The molecule has 1 amide bonds. The van der Waals surface area contributed by atoms with Crippen molar-refractivity contribution in [3.05, 3.63) is 48.3 Å². The lowest BCUT2D eigenvalue weighted by Gasteiger charge is -2.08. The van der Waals surface area contributed by atoms with Crippen molar-refractivity contribution in [2.45, 2.75) is 11.9 Å². The fourth-order valence-corrected chi connectivity index (χ4v) is 2.86. The Bertz CT molecular complexity index is 670. The van der Waals surface area contributed by atoms with Gasteiger partial charge in [0.15, 0.2) is 0 Å². The molecule has 124 valence electrons. The first-order valence-electron chi connectivity index (χ1n) is 6.61. The summed E-state index contributed by atoms with van der Waals surface area (Å²) in [7, 11) is -1.57. The highest BCUT2D eigenvalue weighted by Crippen LogP contribution is 2.12. The standard InChI is InChI=1S/C14H14F3N3O2S/c15-14(16,17)10-18-13(21)9-23(22)8-11-2-4-12(5-3-11)20-7-1-6-19-20/h1-7H,8-10H2,(H,18,21). The van der Waals surface area contributed by atoms with E-state index in [1.54, 1.807) is 52.7 Å². The lowest BCUT2D eigenvalue weighted by Crippen LogP contribution is -2.36. The summed E-state index contributed by atoms with van der Waals surface area (Å²) in [6.07, 6.45) is -1.06. The van der Waals surface area contributed by atoms with Crippen LogP contribution in [0.5, 0.6) is 0 Å². The largest absolute Gasteiger partial charge is 0.405 e. The number of hydrogen-bond donors (Lipinski definition) is 1. The van der Waals surface area contributed by atoms with Crippen LogP contribution in [0.3, 0.4) is 0 Å². The number of aromatic nitrogens is 2. The van der Waals surface area contributed by atoms with E-state index in [4.69, 9.17) is 0 Å². The van der Waals surface area contributed by atoms with Gasteiger partial charge < -0.3 is 5.32 Å². The average Bonchev–Trinajstić information content (AvgIpc) is 2.99. The van der Waals surface area contributed by atoms with Crippen LogP contribution in [-0.2, 0) is 21.3 Å². The molecule has 9 heteroatoms. The van der Waals surface area contributed by atoms with Crippen molar-refractivity contribution in [1.82, 2.24) is 15.1 Å². The van der Waals surface area contributed by atoms with Crippen LogP contribution in [0, 0.1) is 0 Å². The van der Waals surface area contributed by atoms with Gasteiger partial charge in [-0.2, -0.15) is 18.3 Å². The molecule has 0 saturated carbocycles. The minimum Gasteiger partial charge on any atom is -0.346 e. The molecule has 0 aliphatic heterocycles. The molecule has 23 heavy (non-hydrogen) atoms. The normalized spacial score (nSPS) is 12.8. The third-order valence-electron chi connectivity index (χ3n) is 2.81. The quantitative estimate of drug-likeness (QED) is 0.868. The minimum atomic E-state index is -4.47. The van der Waals surface area contributed by atoms with E-state index in [0.717, 1.165) is 11.3 Å². The number of amides is 1. The van der Waals surface area contributed by atoms with E-state index in [0.29, 0.717) is 0 Å². The Morgan fingerprint density at radius 1 is 1.26 bits per heavy atom. The Balaban J connectivity index is 1.84. The average molecular weight is 345 g/mol. The maximum absolute atomic E-state index is 12.0. The van der Waals surface area contributed by atoms with Crippen LogP contribution in [0.2, 0.25) is 0 Å². The SMILES string of the molecule is O=C(CS(=O)Cc1ccc(-n2cccn2)cc1)NCC(F)(F)F. The monoisotopic (exact) mass is 345 g/mol. The van der Waals surface area contributed by atoms with Crippen LogP contribution in [0.4, 0.5) is 13.2 Å². The Morgan fingerprint density at radius 2 is 1.96 bits per heavy atom. The molecule has 5 nitrogen and oxygen atoms in total. The van der Waals surface area contributed by atoms with Crippen LogP contribution in [0.1, 0.15) is 5.56 Å². The molecule has 1 unspecified atom stereocenters. The van der Waals surface area contributed by atoms with E-state index in [9.17, 15) is 22.2 Å². The van der Waals surface area contributed by atoms with E-state index in [1.807, 2.05) is 0 Å². The summed E-state index contributed by atoms with van der Waals surface area (Å²) in [6, 6.07) is 8.82. The summed E-state index contributed by atoms with van der Waals surface area (Å²) >= 11 is 0. The molecule has 0 saturated heterocycles. The highest BCUT2D eigenvalue weighted by atomic mass is 32.2. The molecule has 1 N–H and O–H groups in total. The van der Waals surface area contributed by atoms with Gasteiger partial charge in [-0.1, -0.05) is 12.1 Å². The first-order valence-corrected chi connectivity index (χ1v) is 8.10. The summed E-state index contributed by atoms with van der Waals surface area (Å²) < 4.78 is 49.3. The smallest absolute Gasteiger partial charge is 0.346 e. The third-order valence-corrected chi connectivity index (χ3v) is 4.05. The van der Waals surface area contributed by atoms with Crippen molar-refractivity contribution in [3.63, 3.8) is 0 Å². The molecule has 1 atom stereocenters. The fraction of sp³-hybridized carbons (Fsp3) is 0.286. The number of nitrogens with zero attached hydrogens (tertiary/aromatic N) is 2. The maximum Gasteiger partial charge on any atom is 0.405 e. The lowest BCUT2D eigenvalue weighted by molar-refractivity contribution is -0.136. The van der Waals surface area contributed by atoms with Crippen molar-refractivity contribution < 1.29 is 22.2 Å². The van der Waals surface area contributed by atoms with Crippen molar-refractivity contribution in [2.75, 3.05) is 12.3 Å². The molecule has 1 aromatic heterocycles. The number of halogens is 3. The molecule has 0 spiro atoms. The fourth-order valence-electron chi connectivity index (χ4n) is 1.80. The second kappa shape index (κ2) is 7.40. The van der Waals surface area contributed by atoms with Crippen LogP contribution in [-0.4, -0.2) is 38.4 Å². The predicted molar refractivity (Wildman–Crippen MR) is 79.3 cm³/mol. The van der Waals surface area contributed by atoms with Crippen LogP contribution < -0.4 is 5.32 Å². The number of rotatable bonds is 6. The van der Waals surface area contributed by atoms with Gasteiger partial charge in [-0.25, -0.2) is 4.68 Å². The molecular weight excluding hydrogens is 331 g/mol. The molecule has 0 fully saturated rings. The number of alkyl halides is 3. The van der Waals surface area contributed by atoms with E-state index >= 15 is 0 Å². The molecule has 1 heterocycles. The number of hydrogen-bond acceptors (Lipinski definition) is 3. The Kier molecular flexibility index (Phi) is 5.54. The third kappa shape index (κ3) is 5.85. The van der Waals surface area contributed by atoms with E-state index < -0.39 is 35.2 Å². The number of carbonyl (C=O) groups is 1. The van der Waals surface area contributed by atoms with Gasteiger partial charge in [0.2, 0.25) is 5.91 Å². The van der Waals surface area contributed by atoms with Crippen LogP contribution in [0.15, 0.2) is 42.7 Å². The van der Waals surface area contributed by atoms with E-state index in [-0.39, 0.29) is 5.75 Å². The number of benzene rings is 1. The molecule has 0 bridgehead atoms. The summed E-state index contributed by atoms with van der Waals surface area (Å²) in [5, 5.41) is 5.77. The van der Waals surface area contributed by atoms with Crippen molar-refractivity contribution in [2.24, 2.45) is 0 Å². The van der Waals surface area contributed by atoms with Gasteiger partial charge in [-0.3, -0.25) is 9.00 Å². The zero-order chi connectivity index (χ0) is 16.9. The van der Waals surface area contributed by atoms with E-state index in [1.165, 1.54) is 0 Å². The highest BCUT2D eigenvalue weighted by Gasteiger charge is 2.27. The summed E-state index contributed by atoms with van der Waals surface area (Å²) in [5.41, 5.74) is 1.55. The maximum atomic E-state index is 12.0. The van der Waals surface area contributed by atoms with Gasteiger partial charge in [-0.05, 0) is 23.8 Å². The van der Waals surface area contributed by atoms with Gasteiger partial charge in [0.1, 0.15) is 12.3 Å². The molecular formula is C14H14F3N3O2S. The molecule has 0 aliphatic carbocycles. The Labute approximate surface area is 133 Å². The summed E-state index contributed by atoms with van der Waals surface area (Å²) in [6.45, 7) is -1.42. The Morgan fingerprint density at radius 3 is 2.52 bits per heavy atom. The summed E-state index contributed by atoms with van der Waals surface area (Å²) in [5.74, 6) is -1.25. The van der Waals surface area contributed by atoms with Gasteiger partial charge in [0, 0.05) is 28.9 Å². The second-order valence-corrected chi connectivity index (χ2v) is 6.19. The predicted octanol–water partition coefficient (Wildman–Crippen LogP) is 1.80. The van der Waals surface area contributed by atoms with Gasteiger partial charge in [0.25, 0.3) is 0 Å². The van der Waals surface area contributed by atoms with Crippen LogP contribution in [0.25, 0.3) is 5.69 Å². The van der Waals surface area contributed by atoms with Gasteiger partial charge in [-0.15, -0.1) is 0 Å². The molecule has 2 rings (SSSR count). The molecule has 0 aliphatic rings. The topological polar surface area (TPSA) is 64.0 Å². The summed E-state index contributed by atoms with van der Waals surface area (Å²) in [4.78, 5) is 11.3. The molecule has 0 radical (unpaired) electrons. The van der Waals surface area contributed by atoms with Crippen molar-refractivity contribution in [3.8, 4) is 5.69 Å². The molecule has 2 aromatic rings.